The fraction of sp³-hybridized carbons (Fsp3) is 0.250. The Bertz CT molecular complexity index is 968. The first-order chi connectivity index (χ1) is 12.9. The predicted molar refractivity (Wildman–Crippen MR) is 116 cm³/mol. The van der Waals surface area contributed by atoms with Crippen LogP contribution in [-0.2, 0) is 6.54 Å². The zero-order valence-electron chi connectivity index (χ0n) is 16.8. The average Bonchev–Trinajstić information content (AvgIpc) is 3.14. The van der Waals surface area contributed by atoms with E-state index in [0.29, 0.717) is 6.54 Å². The molecule has 2 aromatic carbocycles. The van der Waals surface area contributed by atoms with Gasteiger partial charge in [-0.15, -0.1) is 0 Å². The molecule has 1 aromatic heterocycles. The van der Waals surface area contributed by atoms with E-state index in [-0.39, 0.29) is 0 Å². The molecule has 0 aliphatic carbocycles. The zero-order valence-corrected chi connectivity index (χ0v) is 16.8. The Morgan fingerprint density at radius 1 is 0.815 bits per heavy atom. The molecule has 0 saturated heterocycles. The second-order valence-electron chi connectivity index (χ2n) is 7.12. The SMILES string of the molecule is CC(=NCc1ccccc1)c1ccc(C(C)=Nc2c(C)cc(C)cc2C)[nH]1. The first-order valence-corrected chi connectivity index (χ1v) is 9.32. The average molecular weight is 358 g/mol. The van der Waals surface area contributed by atoms with Gasteiger partial charge in [-0.25, -0.2) is 0 Å². The molecule has 0 fully saturated rings. The molecule has 3 aromatic rings. The minimum absolute atomic E-state index is 0.690. The van der Waals surface area contributed by atoms with E-state index < -0.39 is 0 Å². The lowest BCUT2D eigenvalue weighted by atomic mass is 10.1. The molecule has 1 heterocycles. The van der Waals surface area contributed by atoms with Gasteiger partial charge in [-0.05, 0) is 63.4 Å². The van der Waals surface area contributed by atoms with Crippen molar-refractivity contribution in [2.24, 2.45) is 9.98 Å². The van der Waals surface area contributed by atoms with Gasteiger partial charge in [0, 0.05) is 0 Å². The molecule has 0 aliphatic rings. The lowest BCUT2D eigenvalue weighted by Gasteiger charge is -2.08. The number of aromatic nitrogens is 1. The number of benzene rings is 2. The minimum Gasteiger partial charge on any atom is -0.353 e. The first-order valence-electron chi connectivity index (χ1n) is 9.32. The van der Waals surface area contributed by atoms with Gasteiger partial charge < -0.3 is 4.98 Å². The summed E-state index contributed by atoms with van der Waals surface area (Å²) in [5.41, 5.74) is 10.0. The molecule has 3 nitrogen and oxygen atoms in total. The Kier molecular flexibility index (Phi) is 5.70. The molecular weight excluding hydrogens is 330 g/mol. The fourth-order valence-electron chi connectivity index (χ4n) is 3.27. The summed E-state index contributed by atoms with van der Waals surface area (Å²) >= 11 is 0. The van der Waals surface area contributed by atoms with Crippen LogP contribution in [0.1, 0.15) is 47.5 Å². The van der Waals surface area contributed by atoms with Crippen molar-refractivity contribution in [3.8, 4) is 0 Å². The van der Waals surface area contributed by atoms with Crippen LogP contribution in [0.3, 0.4) is 0 Å². The summed E-state index contributed by atoms with van der Waals surface area (Å²) in [6.07, 6.45) is 0. The van der Waals surface area contributed by atoms with Gasteiger partial charge in [0.2, 0.25) is 0 Å². The monoisotopic (exact) mass is 357 g/mol. The Balaban J connectivity index is 1.81. The maximum absolute atomic E-state index is 4.88. The normalized spacial score (nSPS) is 12.5. The van der Waals surface area contributed by atoms with Crippen LogP contribution < -0.4 is 0 Å². The van der Waals surface area contributed by atoms with E-state index in [1.54, 1.807) is 0 Å². The Morgan fingerprint density at radius 3 is 2.04 bits per heavy atom. The van der Waals surface area contributed by atoms with E-state index >= 15 is 0 Å². The van der Waals surface area contributed by atoms with Crippen LogP contribution >= 0.6 is 0 Å². The standard InChI is InChI=1S/C24H27N3/c1-16-13-17(2)24(18(3)14-16)26-20(5)23-12-11-22(27-23)19(4)25-15-21-9-7-6-8-10-21/h6-14,27H,15H2,1-5H3. The molecule has 0 saturated carbocycles. The molecule has 0 unspecified atom stereocenters. The van der Waals surface area contributed by atoms with Crippen LogP contribution in [0.15, 0.2) is 64.6 Å². The largest absolute Gasteiger partial charge is 0.353 e. The predicted octanol–water partition coefficient (Wildman–Crippen LogP) is 6.09. The third-order valence-corrected chi connectivity index (χ3v) is 4.72. The van der Waals surface area contributed by atoms with Crippen LogP contribution in [0.2, 0.25) is 0 Å². The van der Waals surface area contributed by atoms with E-state index in [1.165, 1.54) is 22.3 Å². The van der Waals surface area contributed by atoms with Crippen molar-refractivity contribution < 1.29 is 0 Å². The second-order valence-corrected chi connectivity index (χ2v) is 7.12. The number of nitrogens with one attached hydrogen (secondary N) is 1. The summed E-state index contributed by atoms with van der Waals surface area (Å²) in [6.45, 7) is 11.1. The number of hydrogen-bond acceptors (Lipinski definition) is 2. The third-order valence-electron chi connectivity index (χ3n) is 4.72. The smallest absolute Gasteiger partial charge is 0.0692 e. The maximum Gasteiger partial charge on any atom is 0.0692 e. The highest BCUT2D eigenvalue weighted by molar-refractivity contribution is 6.02. The van der Waals surface area contributed by atoms with E-state index in [9.17, 15) is 0 Å². The van der Waals surface area contributed by atoms with Crippen molar-refractivity contribution in [1.82, 2.24) is 4.98 Å². The highest BCUT2D eigenvalue weighted by Gasteiger charge is 2.07. The van der Waals surface area contributed by atoms with Crippen LogP contribution in [-0.4, -0.2) is 16.4 Å². The molecule has 0 spiro atoms. The van der Waals surface area contributed by atoms with Crippen molar-refractivity contribution in [1.29, 1.82) is 0 Å². The highest BCUT2D eigenvalue weighted by atomic mass is 14.8. The molecular formula is C24H27N3. The Labute approximate surface area is 161 Å². The summed E-state index contributed by atoms with van der Waals surface area (Å²) < 4.78 is 0. The molecule has 0 aliphatic heterocycles. The van der Waals surface area contributed by atoms with Gasteiger partial charge in [0.15, 0.2) is 0 Å². The van der Waals surface area contributed by atoms with Crippen LogP contribution in [0.5, 0.6) is 0 Å². The van der Waals surface area contributed by atoms with Gasteiger partial charge in [0.05, 0.1) is 35.0 Å². The van der Waals surface area contributed by atoms with Gasteiger partial charge in [-0.1, -0.05) is 48.0 Å². The highest BCUT2D eigenvalue weighted by Crippen LogP contribution is 2.26. The number of aromatic amines is 1. The Hall–Kier alpha value is -2.94. The molecule has 0 bridgehead atoms. The number of rotatable bonds is 5. The van der Waals surface area contributed by atoms with Crippen molar-refractivity contribution in [2.75, 3.05) is 0 Å². The van der Waals surface area contributed by atoms with Gasteiger partial charge in [-0.3, -0.25) is 9.98 Å². The summed E-state index contributed by atoms with van der Waals surface area (Å²) in [6, 6.07) is 18.8. The number of aryl methyl sites for hydroxylation is 3. The topological polar surface area (TPSA) is 40.5 Å². The maximum atomic E-state index is 4.88. The van der Waals surface area contributed by atoms with Crippen molar-refractivity contribution >= 4 is 17.1 Å². The zero-order chi connectivity index (χ0) is 19.4. The number of hydrogen-bond donors (Lipinski definition) is 1. The first kappa shape index (κ1) is 18.8. The van der Waals surface area contributed by atoms with Gasteiger partial charge >= 0.3 is 0 Å². The summed E-state index contributed by atoms with van der Waals surface area (Å²) in [4.78, 5) is 13.0. The second kappa shape index (κ2) is 8.17. The molecule has 0 atom stereocenters. The van der Waals surface area contributed by atoms with E-state index in [4.69, 9.17) is 9.98 Å². The van der Waals surface area contributed by atoms with Crippen molar-refractivity contribution in [3.05, 3.63) is 88.2 Å². The minimum atomic E-state index is 0.690. The number of nitrogens with zero attached hydrogens (tertiary/aromatic N) is 2. The lowest BCUT2D eigenvalue weighted by molar-refractivity contribution is 1.06. The van der Waals surface area contributed by atoms with Crippen molar-refractivity contribution in [3.63, 3.8) is 0 Å². The fourth-order valence-corrected chi connectivity index (χ4v) is 3.27. The molecule has 3 rings (SSSR count). The molecule has 27 heavy (non-hydrogen) atoms. The number of H-pyrrole nitrogens is 1. The molecule has 138 valence electrons. The Morgan fingerprint density at radius 2 is 1.41 bits per heavy atom. The van der Waals surface area contributed by atoms with Gasteiger partial charge in [-0.2, -0.15) is 0 Å². The molecule has 0 radical (unpaired) electrons. The number of aliphatic imine (C=N–C) groups is 2. The quantitative estimate of drug-likeness (QED) is 0.537. The van der Waals surface area contributed by atoms with E-state index in [2.05, 4.69) is 62.2 Å². The summed E-state index contributed by atoms with van der Waals surface area (Å²) in [5, 5.41) is 0. The van der Waals surface area contributed by atoms with E-state index in [1.807, 2.05) is 32.0 Å². The van der Waals surface area contributed by atoms with Crippen LogP contribution in [0.25, 0.3) is 0 Å². The van der Waals surface area contributed by atoms with Crippen molar-refractivity contribution in [2.45, 2.75) is 41.2 Å². The van der Waals surface area contributed by atoms with Gasteiger partial charge in [0.25, 0.3) is 0 Å². The lowest BCUT2D eigenvalue weighted by Crippen LogP contribution is -2.00. The van der Waals surface area contributed by atoms with E-state index in [0.717, 1.165) is 28.5 Å². The van der Waals surface area contributed by atoms with Gasteiger partial charge in [0.1, 0.15) is 0 Å². The molecule has 3 heteroatoms. The summed E-state index contributed by atoms with van der Waals surface area (Å²) in [7, 11) is 0. The molecule has 0 amide bonds. The molecule has 1 N–H and O–H groups in total. The van der Waals surface area contributed by atoms with Crippen LogP contribution in [0, 0.1) is 20.8 Å². The summed E-state index contributed by atoms with van der Waals surface area (Å²) in [5.74, 6) is 0. The third kappa shape index (κ3) is 4.62. The van der Waals surface area contributed by atoms with Crippen LogP contribution in [0.4, 0.5) is 5.69 Å².